The topological polar surface area (TPSA) is 96.0 Å². The predicted octanol–water partition coefficient (Wildman–Crippen LogP) is 3.74. The lowest BCUT2D eigenvalue weighted by molar-refractivity contribution is -0.384. The Labute approximate surface area is 143 Å². The van der Waals surface area contributed by atoms with Crippen molar-refractivity contribution in [3.63, 3.8) is 0 Å². The van der Waals surface area contributed by atoms with Crippen LogP contribution in [0.5, 0.6) is 0 Å². The van der Waals surface area contributed by atoms with Crippen LogP contribution in [0.1, 0.15) is 22.0 Å². The highest BCUT2D eigenvalue weighted by atomic mass is 16.6. The first-order valence-electron chi connectivity index (χ1n) is 7.53. The molecule has 122 valence electrons. The van der Waals surface area contributed by atoms with Crippen molar-refractivity contribution in [2.24, 2.45) is 0 Å². The molecule has 6 nitrogen and oxygen atoms in total. The summed E-state index contributed by atoms with van der Waals surface area (Å²) in [6, 6.07) is 19.7. The van der Waals surface area contributed by atoms with Gasteiger partial charge in [0.15, 0.2) is 0 Å². The zero-order valence-electron chi connectivity index (χ0n) is 13.0. The Morgan fingerprint density at radius 1 is 1.04 bits per heavy atom. The zero-order valence-corrected chi connectivity index (χ0v) is 13.0. The lowest BCUT2D eigenvalue weighted by Gasteiger charge is -2.14. The maximum atomic E-state index is 12.4. The first-order chi connectivity index (χ1) is 12.1. The van der Waals surface area contributed by atoms with Gasteiger partial charge in [0.25, 0.3) is 11.6 Å². The number of hydrogen-bond acceptors (Lipinski definition) is 4. The molecule has 0 saturated heterocycles. The summed E-state index contributed by atoms with van der Waals surface area (Å²) in [6.07, 6.45) is 0. The molecule has 0 aliphatic rings. The molecule has 6 heteroatoms. The molecular formula is C19H13N3O3. The summed E-state index contributed by atoms with van der Waals surface area (Å²) in [7, 11) is 0. The molecule has 1 amide bonds. The largest absolute Gasteiger partial charge is 0.332 e. The van der Waals surface area contributed by atoms with Crippen molar-refractivity contribution in [2.45, 2.75) is 6.04 Å². The predicted molar refractivity (Wildman–Crippen MR) is 92.9 cm³/mol. The van der Waals surface area contributed by atoms with E-state index < -0.39 is 16.9 Å². The number of nitro groups is 1. The molecule has 0 aliphatic heterocycles. The fraction of sp³-hybridized carbons (Fsp3) is 0.0526. The van der Waals surface area contributed by atoms with Crippen LogP contribution in [0.2, 0.25) is 0 Å². The average Bonchev–Trinajstić information content (AvgIpc) is 2.65. The van der Waals surface area contributed by atoms with Crippen molar-refractivity contribution in [3.05, 3.63) is 88.0 Å². The van der Waals surface area contributed by atoms with Crippen LogP contribution in [0.15, 0.2) is 66.7 Å². The van der Waals surface area contributed by atoms with Gasteiger partial charge in [-0.1, -0.05) is 42.5 Å². The second-order valence-electron chi connectivity index (χ2n) is 5.41. The third kappa shape index (κ3) is 3.31. The second-order valence-corrected chi connectivity index (χ2v) is 5.41. The third-order valence-corrected chi connectivity index (χ3v) is 3.88. The van der Waals surface area contributed by atoms with E-state index in [2.05, 4.69) is 11.4 Å². The van der Waals surface area contributed by atoms with Crippen molar-refractivity contribution in [3.8, 4) is 6.07 Å². The van der Waals surface area contributed by atoms with Crippen LogP contribution in [0, 0.1) is 21.4 Å². The second kappa shape index (κ2) is 6.81. The normalized spacial score (nSPS) is 11.5. The van der Waals surface area contributed by atoms with Gasteiger partial charge in [-0.15, -0.1) is 0 Å². The van der Waals surface area contributed by atoms with Gasteiger partial charge in [0.2, 0.25) is 0 Å². The Balaban J connectivity index is 1.88. The summed E-state index contributed by atoms with van der Waals surface area (Å²) < 4.78 is 0. The maximum Gasteiger partial charge on any atom is 0.269 e. The number of carbonyl (C=O) groups is 1. The summed E-state index contributed by atoms with van der Waals surface area (Å²) in [5.74, 6) is -0.464. The van der Waals surface area contributed by atoms with Crippen molar-refractivity contribution >= 4 is 22.4 Å². The van der Waals surface area contributed by atoms with Gasteiger partial charge in [-0.2, -0.15) is 5.26 Å². The van der Waals surface area contributed by atoms with E-state index in [0.29, 0.717) is 5.56 Å². The van der Waals surface area contributed by atoms with Gasteiger partial charge in [-0.3, -0.25) is 14.9 Å². The highest BCUT2D eigenvalue weighted by molar-refractivity contribution is 5.95. The average molecular weight is 331 g/mol. The minimum Gasteiger partial charge on any atom is -0.332 e. The molecule has 0 spiro atoms. The highest BCUT2D eigenvalue weighted by Crippen LogP contribution is 2.24. The fourth-order valence-corrected chi connectivity index (χ4v) is 2.63. The number of nitro benzene ring substituents is 1. The van der Waals surface area contributed by atoms with Crippen LogP contribution in [0.25, 0.3) is 10.8 Å². The quantitative estimate of drug-likeness (QED) is 0.582. The SMILES string of the molecule is N#C[C@H](NC(=O)c1ccc([N+](=O)[O-])cc1)c1cccc2ccccc12. The molecule has 0 saturated carbocycles. The van der Waals surface area contributed by atoms with Crippen molar-refractivity contribution in [2.75, 3.05) is 0 Å². The molecule has 0 bridgehead atoms. The van der Waals surface area contributed by atoms with Crippen LogP contribution >= 0.6 is 0 Å². The maximum absolute atomic E-state index is 12.4. The van der Waals surface area contributed by atoms with Gasteiger partial charge in [0.1, 0.15) is 6.04 Å². The van der Waals surface area contributed by atoms with E-state index in [1.807, 2.05) is 36.4 Å². The molecule has 0 fully saturated rings. The molecule has 3 rings (SSSR count). The summed E-state index contributed by atoms with van der Waals surface area (Å²) >= 11 is 0. The molecular weight excluding hydrogens is 318 g/mol. The van der Waals surface area contributed by atoms with Crippen LogP contribution in [-0.2, 0) is 0 Å². The number of fused-ring (bicyclic) bond motifs is 1. The number of non-ortho nitro benzene ring substituents is 1. The summed E-state index contributed by atoms with van der Waals surface area (Å²) in [4.78, 5) is 22.5. The first-order valence-corrected chi connectivity index (χ1v) is 7.53. The monoisotopic (exact) mass is 331 g/mol. The number of amides is 1. The number of nitrogens with one attached hydrogen (secondary N) is 1. The van der Waals surface area contributed by atoms with E-state index in [1.165, 1.54) is 24.3 Å². The number of hydrogen-bond donors (Lipinski definition) is 1. The molecule has 1 N–H and O–H groups in total. The van der Waals surface area contributed by atoms with E-state index in [9.17, 15) is 20.2 Å². The van der Waals surface area contributed by atoms with Crippen molar-refractivity contribution in [1.29, 1.82) is 5.26 Å². The number of nitrogens with zero attached hydrogens (tertiary/aromatic N) is 2. The lowest BCUT2D eigenvalue weighted by atomic mass is 9.99. The van der Waals surface area contributed by atoms with Gasteiger partial charge in [-0.05, 0) is 28.5 Å². The molecule has 0 heterocycles. The third-order valence-electron chi connectivity index (χ3n) is 3.88. The van der Waals surface area contributed by atoms with Crippen LogP contribution < -0.4 is 5.32 Å². The van der Waals surface area contributed by atoms with Gasteiger partial charge < -0.3 is 5.32 Å². The number of benzene rings is 3. The Morgan fingerprint density at radius 3 is 2.40 bits per heavy atom. The Morgan fingerprint density at radius 2 is 1.72 bits per heavy atom. The van der Waals surface area contributed by atoms with Gasteiger partial charge >= 0.3 is 0 Å². The van der Waals surface area contributed by atoms with Gasteiger partial charge in [0, 0.05) is 17.7 Å². The number of rotatable bonds is 4. The molecule has 0 radical (unpaired) electrons. The summed E-state index contributed by atoms with van der Waals surface area (Å²) in [5.41, 5.74) is 0.865. The zero-order chi connectivity index (χ0) is 17.8. The van der Waals surface area contributed by atoms with E-state index in [0.717, 1.165) is 10.8 Å². The summed E-state index contributed by atoms with van der Waals surface area (Å²) in [6.45, 7) is 0. The number of nitriles is 1. The minimum absolute atomic E-state index is 0.0950. The Hall–Kier alpha value is -3.72. The molecule has 25 heavy (non-hydrogen) atoms. The molecule has 1 atom stereocenters. The number of carbonyl (C=O) groups excluding carboxylic acids is 1. The summed E-state index contributed by atoms with van der Waals surface area (Å²) in [5, 5.41) is 24.7. The lowest BCUT2D eigenvalue weighted by Crippen LogP contribution is -2.27. The molecule has 0 unspecified atom stereocenters. The highest BCUT2D eigenvalue weighted by Gasteiger charge is 2.18. The fourth-order valence-electron chi connectivity index (χ4n) is 2.63. The van der Waals surface area contributed by atoms with Crippen LogP contribution in [-0.4, -0.2) is 10.8 Å². The smallest absolute Gasteiger partial charge is 0.269 e. The molecule has 0 aliphatic carbocycles. The molecule has 0 aromatic heterocycles. The van der Waals surface area contributed by atoms with Crippen molar-refractivity contribution in [1.82, 2.24) is 5.32 Å². The molecule has 3 aromatic rings. The minimum atomic E-state index is -0.825. The van der Waals surface area contributed by atoms with Gasteiger partial charge in [0.05, 0.1) is 11.0 Å². The van der Waals surface area contributed by atoms with Crippen LogP contribution in [0.4, 0.5) is 5.69 Å². The molecule has 3 aromatic carbocycles. The van der Waals surface area contributed by atoms with Crippen LogP contribution in [0.3, 0.4) is 0 Å². The van der Waals surface area contributed by atoms with Gasteiger partial charge in [-0.25, -0.2) is 0 Å². The Bertz CT molecular complexity index is 985. The van der Waals surface area contributed by atoms with E-state index in [4.69, 9.17) is 0 Å². The van der Waals surface area contributed by atoms with E-state index >= 15 is 0 Å². The van der Waals surface area contributed by atoms with Crippen molar-refractivity contribution < 1.29 is 9.72 Å². The standard InChI is InChI=1S/C19H13N3O3/c20-12-18(17-7-3-5-13-4-1-2-6-16(13)17)21-19(23)14-8-10-15(11-9-14)22(24)25/h1-11,18H,(H,21,23)/t18-/m0/s1. The van der Waals surface area contributed by atoms with E-state index in [1.54, 1.807) is 6.07 Å². The van der Waals surface area contributed by atoms with E-state index in [-0.39, 0.29) is 11.3 Å². The Kier molecular flexibility index (Phi) is 4.40. The first kappa shape index (κ1) is 16.1.